The van der Waals surface area contributed by atoms with Gasteiger partial charge in [0.05, 0.1) is 19.1 Å². The van der Waals surface area contributed by atoms with E-state index in [4.69, 9.17) is 4.74 Å². The fourth-order valence-electron chi connectivity index (χ4n) is 3.01. The Morgan fingerprint density at radius 2 is 2.12 bits per heavy atom. The number of aliphatic carboxylic acids is 1. The number of carboxylic acid groups (broad SMARTS) is 1. The fourth-order valence-corrected chi connectivity index (χ4v) is 3.01. The van der Waals surface area contributed by atoms with Gasteiger partial charge in [0.2, 0.25) is 0 Å². The number of hydrogen-bond acceptors (Lipinski definition) is 3. The Hall–Kier alpha value is -2.31. The molecule has 0 bridgehead atoms. The molecule has 1 heterocycles. The average molecular weight is 338 g/mol. The van der Waals surface area contributed by atoms with Crippen molar-refractivity contribution < 1.29 is 23.8 Å². The topological polar surface area (TPSA) is 78.9 Å². The SMILES string of the molecule is COc1ccc(C(C)NC(=O)N2CC(C)CC(C(=O)O)C2)cc1F. The molecule has 2 N–H and O–H groups in total. The largest absolute Gasteiger partial charge is 0.494 e. The van der Waals surface area contributed by atoms with E-state index in [-0.39, 0.29) is 24.2 Å². The molecule has 7 heteroatoms. The number of carboxylic acids is 1. The van der Waals surface area contributed by atoms with Crippen LogP contribution in [0.3, 0.4) is 0 Å². The van der Waals surface area contributed by atoms with Gasteiger partial charge in [-0.1, -0.05) is 13.0 Å². The van der Waals surface area contributed by atoms with Gasteiger partial charge in [0.1, 0.15) is 0 Å². The van der Waals surface area contributed by atoms with Crippen LogP contribution in [0.2, 0.25) is 0 Å². The molecular weight excluding hydrogens is 315 g/mol. The zero-order valence-corrected chi connectivity index (χ0v) is 14.1. The highest BCUT2D eigenvalue weighted by atomic mass is 19.1. The summed E-state index contributed by atoms with van der Waals surface area (Å²) in [5.41, 5.74) is 0.612. The minimum absolute atomic E-state index is 0.124. The average Bonchev–Trinajstić information content (AvgIpc) is 2.53. The molecule has 132 valence electrons. The van der Waals surface area contributed by atoms with E-state index >= 15 is 0 Å². The molecule has 3 unspecified atom stereocenters. The van der Waals surface area contributed by atoms with Crippen LogP contribution in [0, 0.1) is 17.7 Å². The molecule has 0 saturated carbocycles. The quantitative estimate of drug-likeness (QED) is 0.885. The van der Waals surface area contributed by atoms with Crippen LogP contribution >= 0.6 is 0 Å². The van der Waals surface area contributed by atoms with Crippen molar-refractivity contribution in [2.45, 2.75) is 26.3 Å². The Labute approximate surface area is 140 Å². The Morgan fingerprint density at radius 3 is 2.71 bits per heavy atom. The lowest BCUT2D eigenvalue weighted by atomic mass is 9.91. The van der Waals surface area contributed by atoms with E-state index in [2.05, 4.69) is 5.32 Å². The molecule has 24 heavy (non-hydrogen) atoms. The van der Waals surface area contributed by atoms with E-state index < -0.39 is 23.7 Å². The first kappa shape index (κ1) is 18.0. The molecule has 1 aliphatic heterocycles. The van der Waals surface area contributed by atoms with Gasteiger partial charge in [-0.05, 0) is 37.0 Å². The van der Waals surface area contributed by atoms with Crippen LogP contribution in [0.4, 0.5) is 9.18 Å². The van der Waals surface area contributed by atoms with Gasteiger partial charge in [0.25, 0.3) is 0 Å². The third-order valence-corrected chi connectivity index (χ3v) is 4.31. The van der Waals surface area contributed by atoms with Gasteiger partial charge in [-0.25, -0.2) is 9.18 Å². The summed E-state index contributed by atoms with van der Waals surface area (Å²) >= 11 is 0. The molecule has 2 rings (SSSR count). The number of piperidine rings is 1. The number of ether oxygens (including phenoxy) is 1. The third kappa shape index (κ3) is 4.15. The summed E-state index contributed by atoms with van der Waals surface area (Å²) in [5, 5.41) is 12.0. The van der Waals surface area contributed by atoms with E-state index in [0.29, 0.717) is 18.5 Å². The first-order valence-corrected chi connectivity index (χ1v) is 7.93. The molecule has 0 radical (unpaired) electrons. The summed E-state index contributed by atoms with van der Waals surface area (Å²) in [7, 11) is 1.39. The Balaban J connectivity index is 2.02. The standard InChI is InChI=1S/C17H23FN2O4/c1-10-6-13(16(21)22)9-20(8-10)17(23)19-11(2)12-4-5-15(24-3)14(18)7-12/h4-5,7,10-11,13H,6,8-9H2,1-3H3,(H,19,23)(H,21,22). The second-order valence-electron chi connectivity index (χ2n) is 6.35. The van der Waals surface area contributed by atoms with Crippen LogP contribution in [0.5, 0.6) is 5.75 Å². The number of halogens is 1. The number of benzene rings is 1. The first-order chi connectivity index (χ1) is 11.3. The number of nitrogens with one attached hydrogen (secondary N) is 1. The number of hydrogen-bond donors (Lipinski definition) is 2. The van der Waals surface area contributed by atoms with Crippen molar-refractivity contribution in [2.75, 3.05) is 20.2 Å². The van der Waals surface area contributed by atoms with Crippen LogP contribution in [-0.4, -0.2) is 42.2 Å². The zero-order valence-electron chi connectivity index (χ0n) is 14.1. The number of rotatable bonds is 4. The molecule has 0 aliphatic carbocycles. The lowest BCUT2D eigenvalue weighted by Gasteiger charge is -2.35. The van der Waals surface area contributed by atoms with Gasteiger partial charge in [0.15, 0.2) is 11.6 Å². The summed E-state index contributed by atoms with van der Waals surface area (Å²) in [6, 6.07) is 3.78. The Kier molecular flexibility index (Phi) is 5.64. The van der Waals surface area contributed by atoms with Gasteiger partial charge < -0.3 is 20.1 Å². The second kappa shape index (κ2) is 7.51. The predicted molar refractivity (Wildman–Crippen MR) is 86.4 cm³/mol. The lowest BCUT2D eigenvalue weighted by Crippen LogP contribution is -2.49. The van der Waals surface area contributed by atoms with Crippen molar-refractivity contribution in [3.05, 3.63) is 29.6 Å². The van der Waals surface area contributed by atoms with Crippen molar-refractivity contribution in [3.63, 3.8) is 0 Å². The maximum atomic E-state index is 13.8. The van der Waals surface area contributed by atoms with Crippen LogP contribution in [-0.2, 0) is 4.79 Å². The highest BCUT2D eigenvalue weighted by molar-refractivity contribution is 5.77. The summed E-state index contributed by atoms with van der Waals surface area (Å²) in [5.74, 6) is -1.66. The summed E-state index contributed by atoms with van der Waals surface area (Å²) in [6.45, 7) is 4.38. The third-order valence-electron chi connectivity index (χ3n) is 4.31. The monoisotopic (exact) mass is 338 g/mol. The fraction of sp³-hybridized carbons (Fsp3) is 0.529. The van der Waals surface area contributed by atoms with Crippen LogP contribution < -0.4 is 10.1 Å². The first-order valence-electron chi connectivity index (χ1n) is 7.93. The van der Waals surface area contributed by atoms with Crippen molar-refractivity contribution in [2.24, 2.45) is 11.8 Å². The number of likely N-dealkylation sites (tertiary alicyclic amines) is 1. The van der Waals surface area contributed by atoms with Crippen LogP contribution in [0.25, 0.3) is 0 Å². The number of nitrogens with zero attached hydrogens (tertiary/aromatic N) is 1. The van der Waals surface area contributed by atoms with Crippen molar-refractivity contribution in [1.29, 1.82) is 0 Å². The lowest BCUT2D eigenvalue weighted by molar-refractivity contribution is -0.143. The molecular formula is C17H23FN2O4. The number of urea groups is 1. The van der Waals surface area contributed by atoms with Gasteiger partial charge in [-0.3, -0.25) is 4.79 Å². The minimum atomic E-state index is -0.885. The maximum Gasteiger partial charge on any atom is 0.317 e. The molecule has 1 aromatic rings. The highest BCUT2D eigenvalue weighted by Crippen LogP contribution is 2.24. The normalized spacial score (nSPS) is 21.9. The summed E-state index contributed by atoms with van der Waals surface area (Å²) < 4.78 is 18.7. The Morgan fingerprint density at radius 1 is 1.42 bits per heavy atom. The minimum Gasteiger partial charge on any atom is -0.494 e. The maximum absolute atomic E-state index is 13.8. The van der Waals surface area contributed by atoms with E-state index in [9.17, 15) is 19.1 Å². The van der Waals surface area contributed by atoms with Crippen molar-refractivity contribution >= 4 is 12.0 Å². The summed E-state index contributed by atoms with van der Waals surface area (Å²) in [4.78, 5) is 25.1. The molecule has 0 spiro atoms. The van der Waals surface area contributed by atoms with E-state index in [1.165, 1.54) is 24.1 Å². The molecule has 3 atom stereocenters. The van der Waals surface area contributed by atoms with Crippen molar-refractivity contribution in [3.8, 4) is 5.75 Å². The number of carbonyl (C=O) groups excluding carboxylic acids is 1. The number of methoxy groups -OCH3 is 1. The molecule has 0 aromatic heterocycles. The van der Waals surface area contributed by atoms with Gasteiger partial charge in [-0.15, -0.1) is 0 Å². The van der Waals surface area contributed by atoms with Gasteiger partial charge >= 0.3 is 12.0 Å². The second-order valence-corrected chi connectivity index (χ2v) is 6.35. The van der Waals surface area contributed by atoms with Gasteiger partial charge in [0, 0.05) is 13.1 Å². The number of amides is 2. The Bertz CT molecular complexity index is 623. The molecule has 1 fully saturated rings. The molecule has 1 aromatic carbocycles. The smallest absolute Gasteiger partial charge is 0.317 e. The molecule has 6 nitrogen and oxygen atoms in total. The van der Waals surface area contributed by atoms with E-state index in [0.717, 1.165) is 0 Å². The van der Waals surface area contributed by atoms with E-state index in [1.54, 1.807) is 13.0 Å². The van der Waals surface area contributed by atoms with Crippen LogP contribution in [0.15, 0.2) is 18.2 Å². The molecule has 1 aliphatic rings. The predicted octanol–water partition coefficient (Wildman–Crippen LogP) is 2.65. The molecule has 2 amide bonds. The van der Waals surface area contributed by atoms with Gasteiger partial charge in [-0.2, -0.15) is 0 Å². The van der Waals surface area contributed by atoms with Crippen LogP contribution in [0.1, 0.15) is 31.9 Å². The number of carbonyl (C=O) groups is 2. The summed E-state index contributed by atoms with van der Waals surface area (Å²) in [6.07, 6.45) is 0.568. The zero-order chi connectivity index (χ0) is 17.9. The van der Waals surface area contributed by atoms with Crippen molar-refractivity contribution in [1.82, 2.24) is 10.2 Å². The van der Waals surface area contributed by atoms with E-state index in [1.807, 2.05) is 6.92 Å². The molecule has 1 saturated heterocycles. The highest BCUT2D eigenvalue weighted by Gasteiger charge is 2.32.